The number of aliphatic hydroxyl groups is 1. The number of aliphatic imine (C=N–C) groups is 1. The number of hydrogen-bond acceptors (Lipinski definition) is 13. The number of allylic oxidation sites excluding steroid dienone is 5. The van der Waals surface area contributed by atoms with E-state index in [1.807, 2.05) is 26.2 Å². The Morgan fingerprint density at radius 2 is 1.86 bits per heavy atom. The Morgan fingerprint density at radius 3 is 2.71 bits per heavy atom. The van der Waals surface area contributed by atoms with E-state index in [2.05, 4.69) is 111 Å². The van der Waals surface area contributed by atoms with Gasteiger partial charge in [0.25, 0.3) is 5.60 Å². The largest absolute Gasteiger partial charge is 0.459 e. The molecule has 13 aliphatic rings. The number of carbonyl (C=O) groups is 3. The number of likely N-dealkylation sites (N-methyl/N-ethyl adjacent to an activating group) is 1. The van der Waals surface area contributed by atoms with Crippen LogP contribution in [0.3, 0.4) is 0 Å². The van der Waals surface area contributed by atoms with Crippen molar-refractivity contribution in [3.8, 4) is 0 Å². The summed E-state index contributed by atoms with van der Waals surface area (Å²) in [5.74, 6) is 1.26. The molecule has 15 heteroatoms. The lowest BCUT2D eigenvalue weighted by Gasteiger charge is -2.60. The Kier molecular flexibility index (Phi) is 14.2. The second-order valence-corrected chi connectivity index (χ2v) is 28.1. The third kappa shape index (κ3) is 9.19. The average molecular weight is 1130 g/mol. The van der Waals surface area contributed by atoms with Gasteiger partial charge in [0.1, 0.15) is 11.9 Å². The fourth-order valence-corrected chi connectivity index (χ4v) is 19.5. The van der Waals surface area contributed by atoms with Gasteiger partial charge in [-0.1, -0.05) is 86.9 Å². The van der Waals surface area contributed by atoms with Crippen LogP contribution in [0.1, 0.15) is 163 Å². The summed E-state index contributed by atoms with van der Waals surface area (Å²) in [6, 6.07) is 5.76. The number of epoxide rings is 1. The quantitative estimate of drug-likeness (QED) is 0.0530. The summed E-state index contributed by atoms with van der Waals surface area (Å²) in [7, 11) is 3.81. The van der Waals surface area contributed by atoms with Crippen LogP contribution >= 0.6 is 0 Å². The van der Waals surface area contributed by atoms with E-state index in [9.17, 15) is 5.11 Å². The van der Waals surface area contributed by atoms with E-state index in [1.165, 1.54) is 27.9 Å². The summed E-state index contributed by atoms with van der Waals surface area (Å²) in [4.78, 5) is 53.8. The molecule has 0 aromatic heterocycles. The zero-order valence-electron chi connectivity index (χ0n) is 49.8. The predicted molar refractivity (Wildman–Crippen MR) is 322 cm³/mol. The number of fused-ring (bicyclic) bond motifs is 5. The first-order chi connectivity index (χ1) is 40.2. The number of hydrogen-bond donors (Lipinski definition) is 9. The Hall–Kier alpha value is -5.32. The zero-order chi connectivity index (χ0) is 57.0. The van der Waals surface area contributed by atoms with Gasteiger partial charge in [0.05, 0.1) is 24.0 Å². The number of rotatable bonds is 8. The molecule has 14 rings (SSSR count). The first-order valence-electron chi connectivity index (χ1n) is 32.3. The number of benzene rings is 1. The number of dihydropyridines is 2. The summed E-state index contributed by atoms with van der Waals surface area (Å²) in [6.07, 6.45) is 31.0. The van der Waals surface area contributed by atoms with Crippen molar-refractivity contribution in [1.82, 2.24) is 42.5 Å². The van der Waals surface area contributed by atoms with Crippen molar-refractivity contribution in [1.29, 1.82) is 0 Å². The predicted octanol–water partition coefficient (Wildman–Crippen LogP) is 7.74. The lowest BCUT2D eigenvalue weighted by atomic mass is 9.49. The third-order valence-corrected chi connectivity index (χ3v) is 23.2. The van der Waals surface area contributed by atoms with Gasteiger partial charge in [0.2, 0.25) is 5.78 Å². The van der Waals surface area contributed by atoms with E-state index in [4.69, 9.17) is 9.47 Å². The SMILES string of the molecule is CCN[C@@]12C=C3C=CC[C@H]4CCCC[C@@]5(C)CC6=CNC7NCC[C@H](CC7=C6)[C@H]6C[C@H](O)C[C@@H]([C@@H]6C1)[C@@H](OC(=O)[C@]16O[C@@]1(C/C=C(\C)C[C@]1(C7=CCNC8=C7CC[C@H](NC)N8)CCCNC(=NC)N1)C(=O)c1cccc(c1C6=O)C5)[C@@H]2C[C@@H]34. The number of Topliss-reactive ketones (excluding diaryl/α,β-unsaturated/α-hetero) is 2. The number of nitrogens with zero attached hydrogens (tertiary/aromatic N) is 1. The molecule has 12 bridgehead atoms. The first kappa shape index (κ1) is 55.5. The van der Waals surface area contributed by atoms with Crippen molar-refractivity contribution in [3.05, 3.63) is 117 Å². The van der Waals surface area contributed by atoms with Gasteiger partial charge in [-0.3, -0.25) is 19.9 Å². The lowest BCUT2D eigenvalue weighted by Crippen LogP contribution is -2.66. The number of ketones is 2. The maximum Gasteiger partial charge on any atom is 0.350 e. The summed E-state index contributed by atoms with van der Waals surface area (Å²) >= 11 is 0. The Morgan fingerprint density at radius 1 is 0.976 bits per heavy atom. The molecule has 8 heterocycles. The second kappa shape index (κ2) is 21.3. The summed E-state index contributed by atoms with van der Waals surface area (Å²) in [5, 5.41) is 42.4. The van der Waals surface area contributed by atoms with Crippen molar-refractivity contribution in [2.24, 2.45) is 51.8 Å². The van der Waals surface area contributed by atoms with Crippen molar-refractivity contribution in [3.63, 3.8) is 0 Å². The number of carbonyl (C=O) groups excluding carboxylic acids is 3. The number of nitrogens with one attached hydrogen (secondary N) is 8. The van der Waals surface area contributed by atoms with Crippen LogP contribution in [0, 0.1) is 46.8 Å². The van der Waals surface area contributed by atoms with Crippen molar-refractivity contribution < 1.29 is 29.0 Å². The number of ether oxygens (including phenoxy) is 2. The smallest absolute Gasteiger partial charge is 0.350 e. The molecule has 9 N–H and O–H groups in total. The molecule has 0 amide bonds. The minimum absolute atomic E-state index is 0.0277. The number of guanidine groups is 1. The van der Waals surface area contributed by atoms with E-state index in [1.54, 1.807) is 6.07 Å². The lowest BCUT2D eigenvalue weighted by molar-refractivity contribution is -0.181. The van der Waals surface area contributed by atoms with Crippen LogP contribution in [0.2, 0.25) is 0 Å². The molecule has 1 aromatic rings. The van der Waals surface area contributed by atoms with E-state index in [0.717, 1.165) is 132 Å². The second-order valence-electron chi connectivity index (χ2n) is 28.1. The van der Waals surface area contributed by atoms with Gasteiger partial charge in [-0.2, -0.15) is 0 Å². The third-order valence-electron chi connectivity index (χ3n) is 23.2. The van der Waals surface area contributed by atoms with Crippen LogP contribution in [-0.4, -0.2) is 116 Å². The molecule has 1 spiro atoms. The van der Waals surface area contributed by atoms with Gasteiger partial charge in [-0.15, -0.1) is 0 Å². The highest BCUT2D eigenvalue weighted by Crippen LogP contribution is 2.63. The van der Waals surface area contributed by atoms with E-state index < -0.39 is 46.2 Å². The van der Waals surface area contributed by atoms with Gasteiger partial charge in [-0.25, -0.2) is 4.79 Å². The molecule has 83 heavy (non-hydrogen) atoms. The Labute approximate surface area is 491 Å². The molecule has 8 aliphatic heterocycles. The molecule has 1 unspecified atom stereocenters. The van der Waals surface area contributed by atoms with E-state index >= 15 is 14.4 Å². The molecule has 3 saturated heterocycles. The highest BCUT2D eigenvalue weighted by atomic mass is 16.7. The molecule has 1 aromatic carbocycles. The molecular formula is C68H91N9O6. The summed E-state index contributed by atoms with van der Waals surface area (Å²) in [6.45, 7) is 9.74. The van der Waals surface area contributed by atoms with E-state index in [0.29, 0.717) is 55.2 Å². The van der Waals surface area contributed by atoms with Crippen LogP contribution in [0.15, 0.2) is 105 Å². The molecule has 16 atom stereocenters. The minimum Gasteiger partial charge on any atom is -0.459 e. The van der Waals surface area contributed by atoms with Crippen molar-refractivity contribution in [2.75, 3.05) is 40.3 Å². The van der Waals surface area contributed by atoms with Gasteiger partial charge in [0.15, 0.2) is 17.3 Å². The van der Waals surface area contributed by atoms with Gasteiger partial charge < -0.3 is 51.8 Å². The highest BCUT2D eigenvalue weighted by molar-refractivity contribution is 6.33. The normalized spacial score (nSPS) is 42.1. The number of esters is 1. The fraction of sp³-hybridized carbons (Fsp3) is 0.647. The first-order valence-corrected chi connectivity index (χ1v) is 32.3. The van der Waals surface area contributed by atoms with Gasteiger partial charge in [0, 0.05) is 61.3 Å². The van der Waals surface area contributed by atoms with Crippen LogP contribution in [-0.2, 0) is 20.7 Å². The molecule has 15 nitrogen and oxygen atoms in total. The fourth-order valence-electron chi connectivity index (χ4n) is 19.5. The maximum atomic E-state index is 16.5. The topological polar surface area (TPSA) is 202 Å². The van der Waals surface area contributed by atoms with Gasteiger partial charge in [-0.05, 0) is 198 Å². The van der Waals surface area contributed by atoms with Gasteiger partial charge >= 0.3 is 5.97 Å². The summed E-state index contributed by atoms with van der Waals surface area (Å²) in [5.41, 5.74) is 3.60. The van der Waals surface area contributed by atoms with Crippen LogP contribution in [0.5, 0.6) is 0 Å². The Balaban J connectivity index is 0.917. The zero-order valence-corrected chi connectivity index (χ0v) is 49.8. The molecule has 0 radical (unpaired) electrons. The standard InChI is InChI=1S/C68H91N9O6/c1-6-75-66-36-43-14-9-13-41-12-7-8-22-64(3)34-40-28-45-29-42(20-26-71-60(45)74-38-40)50-30-46(78)31-51(52(50)37-66)57(54(66)32-49(41)43)82-62(81)68-59(80)56-44(35-64)15-10-16-48(56)58(79)67(68,83-68)24-19-39(2)33-65(23-11-25-73-63(70-5)77-65)53-21-27-72-61-47(53)17-18-55(69-4)76-61/h9-10,14-16,19,21,28,36,38,41-42,46,49-52,54-55,57,60,69,71-72,74-76,78H,6-8,11-13,17-18,20,22-27,29-35,37H2,1-5H3,(H2,70,73,77)/b39-19+/t41-,42-,46+,49-,50-,51+,52-,54+,55-,57-,60?,64+,65+,66+,67+,68+/m1/s1. The molecule has 5 fully saturated rings. The molecular weight excluding hydrogens is 1040 g/mol. The summed E-state index contributed by atoms with van der Waals surface area (Å²) < 4.78 is 14.5. The molecule has 2 saturated carbocycles. The highest BCUT2D eigenvalue weighted by Gasteiger charge is 2.86. The van der Waals surface area contributed by atoms with Crippen LogP contribution in [0.25, 0.3) is 0 Å². The van der Waals surface area contributed by atoms with Crippen LogP contribution in [0.4, 0.5) is 0 Å². The average Bonchev–Trinajstić information content (AvgIpc) is 1.53. The minimum atomic E-state index is -2.19. The molecule has 444 valence electrons. The Bertz CT molecular complexity index is 3100. The number of aliphatic hydroxyl groups excluding tert-OH is 1. The van der Waals surface area contributed by atoms with Crippen molar-refractivity contribution in [2.45, 2.75) is 190 Å². The van der Waals surface area contributed by atoms with Crippen molar-refractivity contribution >= 4 is 23.5 Å². The monoisotopic (exact) mass is 1130 g/mol. The molecule has 5 aliphatic carbocycles. The van der Waals surface area contributed by atoms with E-state index in [-0.39, 0.29) is 59.5 Å². The maximum absolute atomic E-state index is 16.5. The van der Waals surface area contributed by atoms with Crippen LogP contribution < -0.4 is 42.5 Å².